The minimum absolute atomic E-state index is 0.639. The summed E-state index contributed by atoms with van der Waals surface area (Å²) in [5.41, 5.74) is 1.04. The Kier molecular flexibility index (Phi) is 6.05. The molecule has 0 aromatic carbocycles. The average Bonchev–Trinajstić information content (AvgIpc) is 2.41. The molecule has 0 N–H and O–H groups in total. The Morgan fingerprint density at radius 1 is 1.11 bits per heavy atom. The summed E-state index contributed by atoms with van der Waals surface area (Å²) < 4.78 is 0. The fraction of sp³-hybridized carbons (Fsp3) is 0.714. The van der Waals surface area contributed by atoms with Crippen LogP contribution < -0.4 is 4.90 Å². The third kappa shape index (κ3) is 3.95. The van der Waals surface area contributed by atoms with Gasteiger partial charge in [0.25, 0.3) is 0 Å². The highest BCUT2D eigenvalue weighted by Gasteiger charge is 2.20. The zero-order valence-electron chi connectivity index (χ0n) is 12.3. The Balaban J connectivity index is 0.000000771. The second kappa shape index (κ2) is 7.31. The van der Waals surface area contributed by atoms with Gasteiger partial charge in [0.15, 0.2) is 0 Å². The minimum Gasteiger partial charge on any atom is -0.338 e. The van der Waals surface area contributed by atoms with Crippen LogP contribution >= 0.6 is 0 Å². The molecular weight excluding hydrogens is 224 g/mol. The van der Waals surface area contributed by atoms with E-state index in [0.29, 0.717) is 6.04 Å². The molecule has 0 unspecified atom stereocenters. The molecule has 0 saturated carbocycles. The van der Waals surface area contributed by atoms with Crippen molar-refractivity contribution in [2.75, 3.05) is 31.1 Å². The van der Waals surface area contributed by atoms with Crippen LogP contribution in [0.15, 0.2) is 12.3 Å². The Morgan fingerprint density at radius 3 is 2.22 bits per heavy atom. The number of rotatable bonds is 2. The van der Waals surface area contributed by atoms with Crippen molar-refractivity contribution in [1.82, 2.24) is 14.9 Å². The van der Waals surface area contributed by atoms with E-state index < -0.39 is 0 Å². The molecule has 1 fully saturated rings. The molecule has 1 saturated heterocycles. The van der Waals surface area contributed by atoms with Gasteiger partial charge < -0.3 is 4.90 Å². The van der Waals surface area contributed by atoms with Gasteiger partial charge in [-0.05, 0) is 26.8 Å². The van der Waals surface area contributed by atoms with Crippen molar-refractivity contribution in [3.8, 4) is 0 Å². The molecule has 0 amide bonds. The van der Waals surface area contributed by atoms with E-state index in [1.165, 1.54) is 0 Å². The average molecular weight is 250 g/mol. The Labute approximate surface area is 111 Å². The summed E-state index contributed by atoms with van der Waals surface area (Å²) in [6, 6.07) is 2.58. The summed E-state index contributed by atoms with van der Waals surface area (Å²) in [4.78, 5) is 13.6. The van der Waals surface area contributed by atoms with E-state index in [4.69, 9.17) is 0 Å². The Morgan fingerprint density at radius 2 is 1.72 bits per heavy atom. The summed E-state index contributed by atoms with van der Waals surface area (Å²) in [6.45, 7) is 14.8. The first-order valence-electron chi connectivity index (χ1n) is 6.95. The largest absolute Gasteiger partial charge is 0.338 e. The van der Waals surface area contributed by atoms with Gasteiger partial charge in [-0.2, -0.15) is 0 Å². The van der Waals surface area contributed by atoms with Gasteiger partial charge in [-0.25, -0.2) is 9.97 Å². The van der Waals surface area contributed by atoms with E-state index >= 15 is 0 Å². The van der Waals surface area contributed by atoms with Crippen molar-refractivity contribution < 1.29 is 0 Å². The number of aromatic nitrogens is 2. The van der Waals surface area contributed by atoms with Crippen molar-refractivity contribution >= 4 is 5.95 Å². The fourth-order valence-corrected chi connectivity index (χ4v) is 2.03. The van der Waals surface area contributed by atoms with Crippen LogP contribution in [-0.4, -0.2) is 47.1 Å². The van der Waals surface area contributed by atoms with Gasteiger partial charge in [0.1, 0.15) is 0 Å². The van der Waals surface area contributed by atoms with E-state index in [1.54, 1.807) is 0 Å². The molecule has 1 aliphatic rings. The minimum atomic E-state index is 0.639. The fourth-order valence-electron chi connectivity index (χ4n) is 2.03. The predicted molar refractivity (Wildman–Crippen MR) is 77.0 cm³/mol. The van der Waals surface area contributed by atoms with E-state index in [-0.39, 0.29) is 0 Å². The maximum Gasteiger partial charge on any atom is 0.225 e. The van der Waals surface area contributed by atoms with Crippen LogP contribution in [0.2, 0.25) is 0 Å². The molecule has 0 spiro atoms. The third-order valence-electron chi connectivity index (χ3n) is 3.11. The van der Waals surface area contributed by atoms with Gasteiger partial charge in [0.2, 0.25) is 5.95 Å². The smallest absolute Gasteiger partial charge is 0.225 e. The number of hydrogen-bond acceptors (Lipinski definition) is 4. The molecule has 0 bridgehead atoms. The highest BCUT2D eigenvalue weighted by Crippen LogP contribution is 2.12. The van der Waals surface area contributed by atoms with E-state index in [0.717, 1.165) is 37.8 Å². The maximum absolute atomic E-state index is 4.46. The molecule has 1 aliphatic heterocycles. The van der Waals surface area contributed by atoms with Crippen molar-refractivity contribution in [3.63, 3.8) is 0 Å². The second-order valence-corrected chi connectivity index (χ2v) is 4.61. The SMILES string of the molecule is CC.Cc1ccnc(N2CCN(C(C)C)CC2)n1. The molecule has 2 rings (SSSR count). The molecule has 4 nitrogen and oxygen atoms in total. The molecule has 0 radical (unpaired) electrons. The molecular formula is C14H26N4. The highest BCUT2D eigenvalue weighted by atomic mass is 15.3. The van der Waals surface area contributed by atoms with Crippen LogP contribution in [0.5, 0.6) is 0 Å². The molecule has 0 atom stereocenters. The zero-order chi connectivity index (χ0) is 13.5. The molecule has 102 valence electrons. The Hall–Kier alpha value is -1.16. The van der Waals surface area contributed by atoms with Crippen LogP contribution in [0.3, 0.4) is 0 Å². The van der Waals surface area contributed by atoms with Crippen molar-refractivity contribution in [2.24, 2.45) is 0 Å². The second-order valence-electron chi connectivity index (χ2n) is 4.61. The Bertz CT molecular complexity index is 343. The van der Waals surface area contributed by atoms with Crippen LogP contribution in [-0.2, 0) is 0 Å². The maximum atomic E-state index is 4.46. The van der Waals surface area contributed by atoms with Crippen LogP contribution in [0.25, 0.3) is 0 Å². The van der Waals surface area contributed by atoms with Crippen LogP contribution in [0, 0.1) is 6.92 Å². The van der Waals surface area contributed by atoms with Crippen LogP contribution in [0.4, 0.5) is 5.95 Å². The molecule has 1 aromatic heterocycles. The lowest BCUT2D eigenvalue weighted by molar-refractivity contribution is 0.208. The number of hydrogen-bond donors (Lipinski definition) is 0. The van der Waals surface area contributed by atoms with Gasteiger partial charge in [0.05, 0.1) is 0 Å². The lowest BCUT2D eigenvalue weighted by Gasteiger charge is -2.36. The summed E-state index contributed by atoms with van der Waals surface area (Å²) >= 11 is 0. The molecule has 0 aliphatic carbocycles. The van der Waals surface area contributed by atoms with Gasteiger partial charge in [0, 0.05) is 44.1 Å². The highest BCUT2D eigenvalue weighted by molar-refractivity contribution is 5.30. The zero-order valence-corrected chi connectivity index (χ0v) is 12.3. The van der Waals surface area contributed by atoms with E-state index in [2.05, 4.69) is 33.6 Å². The standard InChI is InChI=1S/C12H20N4.C2H6/c1-10(2)15-6-8-16(9-7-15)12-13-5-4-11(3)14-12;1-2/h4-5,10H,6-9H2,1-3H3;1-2H3. The number of aryl methyl sites for hydroxylation is 1. The third-order valence-corrected chi connectivity index (χ3v) is 3.11. The summed E-state index contributed by atoms with van der Waals surface area (Å²) in [6.07, 6.45) is 1.84. The topological polar surface area (TPSA) is 32.3 Å². The van der Waals surface area contributed by atoms with Gasteiger partial charge in [-0.3, -0.25) is 4.90 Å². The molecule has 1 aromatic rings. The van der Waals surface area contributed by atoms with Crippen molar-refractivity contribution in [2.45, 2.75) is 40.7 Å². The van der Waals surface area contributed by atoms with Gasteiger partial charge >= 0.3 is 0 Å². The number of nitrogens with zero attached hydrogens (tertiary/aromatic N) is 4. The van der Waals surface area contributed by atoms with E-state index in [9.17, 15) is 0 Å². The summed E-state index contributed by atoms with van der Waals surface area (Å²) in [5, 5.41) is 0. The molecule has 4 heteroatoms. The quantitative estimate of drug-likeness (QED) is 0.806. The van der Waals surface area contributed by atoms with Gasteiger partial charge in [-0.1, -0.05) is 13.8 Å². The van der Waals surface area contributed by atoms with Crippen molar-refractivity contribution in [3.05, 3.63) is 18.0 Å². The summed E-state index contributed by atoms with van der Waals surface area (Å²) in [7, 11) is 0. The first-order valence-corrected chi connectivity index (χ1v) is 6.95. The first kappa shape index (κ1) is 14.9. The number of piperazine rings is 1. The lowest BCUT2D eigenvalue weighted by Crippen LogP contribution is -2.49. The predicted octanol–water partition coefficient (Wildman–Crippen LogP) is 2.34. The molecule has 18 heavy (non-hydrogen) atoms. The lowest BCUT2D eigenvalue weighted by atomic mass is 10.2. The van der Waals surface area contributed by atoms with Crippen molar-refractivity contribution in [1.29, 1.82) is 0 Å². The number of anilines is 1. The monoisotopic (exact) mass is 250 g/mol. The van der Waals surface area contributed by atoms with E-state index in [1.807, 2.05) is 33.0 Å². The first-order chi connectivity index (χ1) is 8.66. The normalized spacial score (nSPS) is 16.4. The molecule has 2 heterocycles. The van der Waals surface area contributed by atoms with Crippen LogP contribution in [0.1, 0.15) is 33.4 Å². The summed E-state index contributed by atoms with van der Waals surface area (Å²) in [5.74, 6) is 0.878. The van der Waals surface area contributed by atoms with Gasteiger partial charge in [-0.15, -0.1) is 0 Å².